The Morgan fingerprint density at radius 1 is 1.00 bits per heavy atom. The van der Waals surface area contributed by atoms with Gasteiger partial charge >= 0.3 is 12.0 Å². The lowest BCUT2D eigenvalue weighted by Crippen LogP contribution is -2.33. The summed E-state index contributed by atoms with van der Waals surface area (Å²) in [5.74, 6) is -0.868. The van der Waals surface area contributed by atoms with Crippen molar-refractivity contribution in [1.82, 2.24) is 0 Å². The van der Waals surface area contributed by atoms with Gasteiger partial charge in [-0.15, -0.1) is 0 Å². The molecule has 0 bridgehead atoms. The van der Waals surface area contributed by atoms with Crippen LogP contribution in [0.4, 0.5) is 16.2 Å². The first kappa shape index (κ1) is 18.6. The predicted octanol–water partition coefficient (Wildman–Crippen LogP) is 3.74. The van der Waals surface area contributed by atoms with Crippen molar-refractivity contribution in [3.8, 4) is 0 Å². The molecule has 6 nitrogen and oxygen atoms in total. The van der Waals surface area contributed by atoms with Crippen LogP contribution in [-0.4, -0.2) is 31.6 Å². The third kappa shape index (κ3) is 3.56. The molecule has 0 N–H and O–H groups in total. The number of rotatable bonds is 3. The SMILES string of the molecule is COC(=O)c1cccc(N2C(=O)CN(c3ccc(C(C)(C)C)cc3)C2=O)c1. The zero-order valence-corrected chi connectivity index (χ0v) is 15.9. The fraction of sp³-hybridized carbons (Fsp3) is 0.286. The molecule has 0 unspecified atom stereocenters. The maximum absolute atomic E-state index is 12.9. The van der Waals surface area contributed by atoms with E-state index in [1.807, 2.05) is 24.3 Å². The highest BCUT2D eigenvalue weighted by atomic mass is 16.5. The lowest BCUT2D eigenvalue weighted by atomic mass is 9.87. The number of methoxy groups -OCH3 is 1. The molecule has 3 rings (SSSR count). The summed E-state index contributed by atoms with van der Waals surface area (Å²) in [4.78, 5) is 39.6. The third-order valence-electron chi connectivity index (χ3n) is 4.54. The third-order valence-corrected chi connectivity index (χ3v) is 4.54. The van der Waals surface area contributed by atoms with Gasteiger partial charge in [0.25, 0.3) is 5.91 Å². The molecule has 3 amide bonds. The van der Waals surface area contributed by atoms with Gasteiger partial charge in [-0.1, -0.05) is 39.0 Å². The molecule has 1 aliphatic rings. The first-order chi connectivity index (χ1) is 12.7. The van der Waals surface area contributed by atoms with Crippen LogP contribution >= 0.6 is 0 Å². The molecule has 0 radical (unpaired) electrons. The van der Waals surface area contributed by atoms with Gasteiger partial charge in [0.1, 0.15) is 6.54 Å². The van der Waals surface area contributed by atoms with Crippen LogP contribution in [0.2, 0.25) is 0 Å². The molecule has 1 saturated heterocycles. The van der Waals surface area contributed by atoms with Gasteiger partial charge in [0.15, 0.2) is 0 Å². The summed E-state index contributed by atoms with van der Waals surface area (Å²) >= 11 is 0. The van der Waals surface area contributed by atoms with Gasteiger partial charge < -0.3 is 4.74 Å². The minimum atomic E-state index is -0.523. The van der Waals surface area contributed by atoms with E-state index in [1.165, 1.54) is 18.1 Å². The molecule has 1 heterocycles. The van der Waals surface area contributed by atoms with E-state index in [0.29, 0.717) is 11.4 Å². The van der Waals surface area contributed by atoms with Gasteiger partial charge in [0, 0.05) is 5.69 Å². The summed E-state index contributed by atoms with van der Waals surface area (Å²) < 4.78 is 4.70. The number of carbonyl (C=O) groups is 3. The van der Waals surface area contributed by atoms with E-state index in [2.05, 4.69) is 20.8 Å². The van der Waals surface area contributed by atoms with Crippen molar-refractivity contribution >= 4 is 29.3 Å². The highest BCUT2D eigenvalue weighted by Gasteiger charge is 2.38. The maximum atomic E-state index is 12.9. The number of ether oxygens (including phenoxy) is 1. The number of carbonyl (C=O) groups excluding carboxylic acids is 3. The molecule has 0 atom stereocenters. The monoisotopic (exact) mass is 366 g/mol. The van der Waals surface area contributed by atoms with Crippen molar-refractivity contribution in [3.63, 3.8) is 0 Å². The standard InChI is InChI=1S/C21H22N2O4/c1-21(2,3)15-8-10-16(11-9-15)22-13-18(24)23(20(22)26)17-7-5-6-14(12-17)19(25)27-4/h5-12H,13H2,1-4H3. The molecule has 6 heteroatoms. The van der Waals surface area contributed by atoms with Crippen molar-refractivity contribution in [3.05, 3.63) is 59.7 Å². The Balaban J connectivity index is 1.88. The highest BCUT2D eigenvalue weighted by molar-refractivity contribution is 6.27. The molecule has 1 fully saturated rings. The summed E-state index contributed by atoms with van der Waals surface area (Å²) in [5, 5.41) is 0. The molecule has 0 aliphatic carbocycles. The van der Waals surface area contributed by atoms with Gasteiger partial charge in [0.05, 0.1) is 18.4 Å². The van der Waals surface area contributed by atoms with Gasteiger partial charge in [-0.3, -0.25) is 9.69 Å². The van der Waals surface area contributed by atoms with Gasteiger partial charge in [-0.05, 0) is 41.3 Å². The van der Waals surface area contributed by atoms with Crippen molar-refractivity contribution in [2.75, 3.05) is 23.5 Å². The van der Waals surface area contributed by atoms with Crippen LogP contribution in [0.5, 0.6) is 0 Å². The van der Waals surface area contributed by atoms with Gasteiger partial charge in [-0.25, -0.2) is 14.5 Å². The van der Waals surface area contributed by atoms with Crippen molar-refractivity contribution in [1.29, 1.82) is 0 Å². The smallest absolute Gasteiger partial charge is 0.337 e. The number of nitrogens with zero attached hydrogens (tertiary/aromatic N) is 2. The second kappa shape index (κ2) is 6.87. The Morgan fingerprint density at radius 2 is 1.67 bits per heavy atom. The molecule has 27 heavy (non-hydrogen) atoms. The van der Waals surface area contributed by atoms with E-state index in [-0.39, 0.29) is 23.4 Å². The summed E-state index contributed by atoms with van der Waals surface area (Å²) in [6.45, 7) is 6.30. The summed E-state index contributed by atoms with van der Waals surface area (Å²) in [6, 6.07) is 13.5. The second-order valence-electron chi connectivity index (χ2n) is 7.44. The fourth-order valence-electron chi connectivity index (χ4n) is 2.99. The van der Waals surface area contributed by atoms with E-state index >= 15 is 0 Å². The largest absolute Gasteiger partial charge is 0.465 e. The molecule has 0 spiro atoms. The lowest BCUT2D eigenvalue weighted by molar-refractivity contribution is -0.115. The van der Waals surface area contributed by atoms with E-state index in [9.17, 15) is 14.4 Å². The van der Waals surface area contributed by atoms with Crippen LogP contribution in [0.25, 0.3) is 0 Å². The summed E-state index contributed by atoms with van der Waals surface area (Å²) in [7, 11) is 1.28. The molecular weight excluding hydrogens is 344 g/mol. The van der Waals surface area contributed by atoms with E-state index in [0.717, 1.165) is 10.5 Å². The zero-order chi connectivity index (χ0) is 19.8. The van der Waals surface area contributed by atoms with Crippen molar-refractivity contribution < 1.29 is 19.1 Å². The normalized spacial score (nSPS) is 14.7. The number of hydrogen-bond acceptors (Lipinski definition) is 4. The summed E-state index contributed by atoms with van der Waals surface area (Å²) in [5.41, 5.74) is 2.44. The molecule has 1 aliphatic heterocycles. The quantitative estimate of drug-likeness (QED) is 0.613. The Morgan fingerprint density at radius 3 is 2.26 bits per heavy atom. The average Bonchev–Trinajstić information content (AvgIpc) is 2.94. The van der Waals surface area contributed by atoms with E-state index < -0.39 is 12.0 Å². The van der Waals surface area contributed by atoms with Crippen LogP contribution in [0.15, 0.2) is 48.5 Å². The highest BCUT2D eigenvalue weighted by Crippen LogP contribution is 2.29. The average molecular weight is 366 g/mol. The molecule has 0 aromatic heterocycles. The summed E-state index contributed by atoms with van der Waals surface area (Å²) in [6.07, 6.45) is 0. The molecule has 0 saturated carbocycles. The first-order valence-electron chi connectivity index (χ1n) is 8.66. The fourth-order valence-corrected chi connectivity index (χ4v) is 2.99. The maximum Gasteiger partial charge on any atom is 0.337 e. The van der Waals surface area contributed by atoms with Crippen LogP contribution < -0.4 is 9.80 Å². The lowest BCUT2D eigenvalue weighted by Gasteiger charge is -2.21. The van der Waals surface area contributed by atoms with Crippen LogP contribution in [-0.2, 0) is 14.9 Å². The Hall–Kier alpha value is -3.15. The number of anilines is 2. The Kier molecular flexibility index (Phi) is 4.74. The predicted molar refractivity (Wildman–Crippen MR) is 103 cm³/mol. The topological polar surface area (TPSA) is 66.9 Å². The Labute approximate surface area is 158 Å². The van der Waals surface area contributed by atoms with Crippen LogP contribution in [0.3, 0.4) is 0 Å². The van der Waals surface area contributed by atoms with Crippen LogP contribution in [0.1, 0.15) is 36.7 Å². The number of hydrogen-bond donors (Lipinski definition) is 0. The number of urea groups is 1. The van der Waals surface area contributed by atoms with Gasteiger partial charge in [0.2, 0.25) is 0 Å². The Bertz CT molecular complexity index is 897. The second-order valence-corrected chi connectivity index (χ2v) is 7.44. The zero-order valence-electron chi connectivity index (χ0n) is 15.9. The minimum absolute atomic E-state index is 0.00370. The van der Waals surface area contributed by atoms with E-state index in [4.69, 9.17) is 4.74 Å². The number of benzene rings is 2. The van der Waals surface area contributed by atoms with E-state index in [1.54, 1.807) is 18.2 Å². The number of amides is 3. The van der Waals surface area contributed by atoms with Gasteiger partial charge in [-0.2, -0.15) is 0 Å². The number of esters is 1. The minimum Gasteiger partial charge on any atom is -0.465 e. The van der Waals surface area contributed by atoms with Crippen molar-refractivity contribution in [2.45, 2.75) is 26.2 Å². The molecular formula is C21H22N2O4. The van der Waals surface area contributed by atoms with Crippen molar-refractivity contribution in [2.24, 2.45) is 0 Å². The van der Waals surface area contributed by atoms with Crippen LogP contribution in [0, 0.1) is 0 Å². The number of imide groups is 1. The molecule has 2 aromatic carbocycles. The molecule has 140 valence electrons. The first-order valence-corrected chi connectivity index (χ1v) is 8.66. The molecule has 2 aromatic rings.